The lowest BCUT2D eigenvalue weighted by molar-refractivity contribution is 0.519. The molecule has 0 unspecified atom stereocenters. The molecule has 0 heterocycles. The lowest BCUT2D eigenvalue weighted by atomic mass is 9.86. The van der Waals surface area contributed by atoms with Gasteiger partial charge in [-0.05, 0) is 22.6 Å². The van der Waals surface area contributed by atoms with Gasteiger partial charge in [-0.25, -0.2) is 4.39 Å². The number of hydrogen-bond acceptors (Lipinski definition) is 1. The Hall–Kier alpha value is -0.890. The van der Waals surface area contributed by atoms with Crippen LogP contribution < -0.4 is 5.32 Å². The molecule has 90 valence electrons. The van der Waals surface area contributed by atoms with E-state index in [0.29, 0.717) is 6.04 Å². The van der Waals surface area contributed by atoms with Gasteiger partial charge in [-0.15, -0.1) is 0 Å². The van der Waals surface area contributed by atoms with Gasteiger partial charge in [0.15, 0.2) is 0 Å². The normalized spacial score (nSPS) is 12.2. The summed E-state index contributed by atoms with van der Waals surface area (Å²) >= 11 is 0. The molecule has 16 heavy (non-hydrogen) atoms. The first-order chi connectivity index (χ1) is 7.30. The summed E-state index contributed by atoms with van der Waals surface area (Å²) in [4.78, 5) is 0. The first kappa shape index (κ1) is 13.2. The predicted octanol–water partition coefficient (Wildman–Crippen LogP) is 3.62. The third kappa shape index (κ3) is 3.60. The molecular weight excluding hydrogens is 201 g/mol. The Morgan fingerprint density at radius 1 is 1.25 bits per heavy atom. The van der Waals surface area contributed by atoms with Gasteiger partial charge in [0.25, 0.3) is 0 Å². The van der Waals surface area contributed by atoms with Crippen molar-refractivity contribution in [3.63, 3.8) is 0 Å². The van der Waals surface area contributed by atoms with Crippen molar-refractivity contribution in [1.29, 1.82) is 0 Å². The molecule has 0 aliphatic heterocycles. The van der Waals surface area contributed by atoms with Crippen molar-refractivity contribution in [1.82, 2.24) is 5.32 Å². The van der Waals surface area contributed by atoms with Crippen LogP contribution in [0.5, 0.6) is 0 Å². The van der Waals surface area contributed by atoms with Gasteiger partial charge >= 0.3 is 0 Å². The monoisotopic (exact) mass is 223 g/mol. The van der Waals surface area contributed by atoms with Crippen molar-refractivity contribution in [2.75, 3.05) is 0 Å². The maximum absolute atomic E-state index is 13.8. The van der Waals surface area contributed by atoms with Gasteiger partial charge in [-0.1, -0.05) is 46.8 Å². The second kappa shape index (κ2) is 4.96. The van der Waals surface area contributed by atoms with Gasteiger partial charge in [-0.3, -0.25) is 0 Å². The Morgan fingerprint density at radius 2 is 1.88 bits per heavy atom. The minimum atomic E-state index is -0.131. The topological polar surface area (TPSA) is 12.0 Å². The molecule has 0 saturated carbocycles. The minimum Gasteiger partial charge on any atom is -0.310 e. The van der Waals surface area contributed by atoms with Crippen LogP contribution in [0.1, 0.15) is 45.7 Å². The molecule has 0 aliphatic carbocycles. The molecule has 1 aromatic rings. The maximum atomic E-state index is 13.8. The zero-order valence-corrected chi connectivity index (χ0v) is 10.9. The molecule has 2 heteroatoms. The van der Waals surface area contributed by atoms with Gasteiger partial charge in [0, 0.05) is 12.6 Å². The fourth-order valence-electron chi connectivity index (χ4n) is 1.60. The van der Waals surface area contributed by atoms with Gasteiger partial charge < -0.3 is 5.32 Å². The van der Waals surface area contributed by atoms with Crippen LogP contribution in [-0.2, 0) is 12.0 Å². The molecule has 0 fully saturated rings. The summed E-state index contributed by atoms with van der Waals surface area (Å²) in [6, 6.07) is 5.95. The fraction of sp³-hybridized carbons (Fsp3) is 0.571. The number of halogens is 1. The summed E-state index contributed by atoms with van der Waals surface area (Å²) in [5.41, 5.74) is 1.65. The largest absolute Gasteiger partial charge is 0.310 e. The van der Waals surface area contributed by atoms with E-state index in [4.69, 9.17) is 0 Å². The van der Waals surface area contributed by atoms with Gasteiger partial charge in [0.1, 0.15) is 5.82 Å². The predicted molar refractivity (Wildman–Crippen MR) is 67.1 cm³/mol. The first-order valence-electron chi connectivity index (χ1n) is 5.83. The lowest BCUT2D eigenvalue weighted by Crippen LogP contribution is -2.22. The zero-order valence-electron chi connectivity index (χ0n) is 10.9. The van der Waals surface area contributed by atoms with E-state index in [0.717, 1.165) is 17.7 Å². The number of rotatable bonds is 3. The van der Waals surface area contributed by atoms with Crippen LogP contribution in [0.25, 0.3) is 0 Å². The minimum absolute atomic E-state index is 0.101. The molecular formula is C14H22FN. The second-order valence-corrected chi connectivity index (χ2v) is 5.60. The highest BCUT2D eigenvalue weighted by atomic mass is 19.1. The van der Waals surface area contributed by atoms with E-state index < -0.39 is 0 Å². The summed E-state index contributed by atoms with van der Waals surface area (Å²) < 4.78 is 13.8. The number of benzene rings is 1. The van der Waals surface area contributed by atoms with Crippen LogP contribution in [-0.4, -0.2) is 6.04 Å². The Kier molecular flexibility index (Phi) is 4.09. The van der Waals surface area contributed by atoms with E-state index in [1.54, 1.807) is 6.07 Å². The molecule has 0 atom stereocenters. The van der Waals surface area contributed by atoms with Gasteiger partial charge in [-0.2, -0.15) is 0 Å². The molecule has 0 bridgehead atoms. The van der Waals surface area contributed by atoms with Gasteiger partial charge in [0.05, 0.1) is 0 Å². The maximum Gasteiger partial charge on any atom is 0.127 e. The molecule has 0 saturated heterocycles. The molecule has 1 aromatic carbocycles. The Bertz CT molecular complexity index is 350. The highest BCUT2D eigenvalue weighted by Crippen LogP contribution is 2.25. The van der Waals surface area contributed by atoms with Gasteiger partial charge in [0.2, 0.25) is 0 Å². The van der Waals surface area contributed by atoms with E-state index in [1.807, 2.05) is 32.9 Å². The molecule has 1 nitrogen and oxygen atoms in total. The van der Waals surface area contributed by atoms with Crippen LogP contribution in [0.3, 0.4) is 0 Å². The second-order valence-electron chi connectivity index (χ2n) is 5.60. The van der Waals surface area contributed by atoms with Crippen LogP contribution in [0, 0.1) is 5.82 Å². The third-order valence-corrected chi connectivity index (χ3v) is 2.56. The smallest absolute Gasteiger partial charge is 0.127 e. The fourth-order valence-corrected chi connectivity index (χ4v) is 1.60. The summed E-state index contributed by atoms with van der Waals surface area (Å²) in [5.74, 6) is -0.101. The van der Waals surface area contributed by atoms with Crippen molar-refractivity contribution in [3.05, 3.63) is 35.1 Å². The molecule has 1 rings (SSSR count). The molecule has 0 amide bonds. The van der Waals surface area contributed by atoms with E-state index in [2.05, 4.69) is 19.2 Å². The first-order valence-corrected chi connectivity index (χ1v) is 5.83. The van der Waals surface area contributed by atoms with Crippen LogP contribution >= 0.6 is 0 Å². The van der Waals surface area contributed by atoms with Crippen molar-refractivity contribution < 1.29 is 4.39 Å². The summed E-state index contributed by atoms with van der Waals surface area (Å²) in [6.07, 6.45) is 0. The quantitative estimate of drug-likeness (QED) is 0.825. The average Bonchev–Trinajstić information content (AvgIpc) is 2.12. The average molecular weight is 223 g/mol. The standard InChI is InChI=1S/C14H22FN/c1-10(2)16-9-11-6-7-12(13(15)8-11)14(3,4)5/h6-8,10,16H,9H2,1-5H3. The number of nitrogens with one attached hydrogen (secondary N) is 1. The van der Waals surface area contributed by atoms with Crippen LogP contribution in [0.15, 0.2) is 18.2 Å². The Balaban J connectivity index is 2.83. The van der Waals surface area contributed by atoms with Crippen molar-refractivity contribution >= 4 is 0 Å². The molecule has 0 aromatic heterocycles. The lowest BCUT2D eigenvalue weighted by Gasteiger charge is -2.20. The summed E-state index contributed by atoms with van der Waals surface area (Å²) in [6.45, 7) is 11.0. The van der Waals surface area contributed by atoms with Crippen LogP contribution in [0.4, 0.5) is 4.39 Å². The Labute approximate surface area is 98.1 Å². The molecule has 0 spiro atoms. The van der Waals surface area contributed by atoms with E-state index >= 15 is 0 Å². The summed E-state index contributed by atoms with van der Waals surface area (Å²) in [7, 11) is 0. The Morgan fingerprint density at radius 3 is 2.31 bits per heavy atom. The van der Waals surface area contributed by atoms with Crippen molar-refractivity contribution in [3.8, 4) is 0 Å². The highest BCUT2D eigenvalue weighted by molar-refractivity contribution is 5.29. The molecule has 0 aliphatic rings. The van der Waals surface area contributed by atoms with E-state index in [1.165, 1.54) is 0 Å². The third-order valence-electron chi connectivity index (χ3n) is 2.56. The molecule has 0 radical (unpaired) electrons. The SMILES string of the molecule is CC(C)NCc1ccc(C(C)(C)C)c(F)c1. The number of hydrogen-bond donors (Lipinski definition) is 1. The van der Waals surface area contributed by atoms with Crippen LogP contribution in [0.2, 0.25) is 0 Å². The highest BCUT2D eigenvalue weighted by Gasteiger charge is 2.18. The van der Waals surface area contributed by atoms with Crippen molar-refractivity contribution in [2.45, 2.75) is 52.6 Å². The van der Waals surface area contributed by atoms with E-state index in [9.17, 15) is 4.39 Å². The van der Waals surface area contributed by atoms with E-state index in [-0.39, 0.29) is 11.2 Å². The zero-order chi connectivity index (χ0) is 12.3. The van der Waals surface area contributed by atoms with Crippen molar-refractivity contribution in [2.24, 2.45) is 0 Å². The summed E-state index contributed by atoms with van der Waals surface area (Å²) in [5, 5.41) is 3.28. The molecule has 1 N–H and O–H groups in total.